The molecule has 0 aliphatic heterocycles. The van der Waals surface area contributed by atoms with E-state index in [0.29, 0.717) is 10.7 Å². The molecule has 1 aromatic heterocycles. The second-order valence-corrected chi connectivity index (χ2v) is 5.79. The first kappa shape index (κ1) is 13.7. The number of thiazole rings is 1. The van der Waals surface area contributed by atoms with E-state index in [9.17, 15) is 9.18 Å². The van der Waals surface area contributed by atoms with Gasteiger partial charge in [0, 0.05) is 0 Å². The number of halogens is 1. The van der Waals surface area contributed by atoms with E-state index in [2.05, 4.69) is 10.3 Å². The minimum Gasteiger partial charge on any atom is -0.302 e. The van der Waals surface area contributed by atoms with Crippen molar-refractivity contribution in [3.05, 3.63) is 59.4 Å². The average molecular weight is 300 g/mol. The van der Waals surface area contributed by atoms with Crippen LogP contribution in [0.2, 0.25) is 0 Å². The lowest BCUT2D eigenvalue weighted by Gasteiger charge is -2.02. The first-order valence-electron chi connectivity index (χ1n) is 6.53. The first-order valence-corrected chi connectivity index (χ1v) is 7.34. The van der Waals surface area contributed by atoms with Crippen molar-refractivity contribution in [3.8, 4) is 0 Å². The van der Waals surface area contributed by atoms with Gasteiger partial charge in [0.25, 0.3) is 0 Å². The Kier molecular flexibility index (Phi) is 3.66. The fraction of sp³-hybridized carbons (Fsp3) is 0.125. The molecule has 0 radical (unpaired) electrons. The van der Waals surface area contributed by atoms with Crippen LogP contribution in [0.15, 0.2) is 42.5 Å². The van der Waals surface area contributed by atoms with Crippen LogP contribution >= 0.6 is 11.3 Å². The average Bonchev–Trinajstić information content (AvgIpc) is 2.85. The highest BCUT2D eigenvalue weighted by Gasteiger charge is 2.11. The molecule has 1 amide bonds. The molecule has 0 saturated carbocycles. The number of rotatable bonds is 3. The van der Waals surface area contributed by atoms with Crippen molar-refractivity contribution in [1.82, 2.24) is 4.98 Å². The van der Waals surface area contributed by atoms with Crippen molar-refractivity contribution in [3.63, 3.8) is 0 Å². The Morgan fingerprint density at radius 3 is 2.81 bits per heavy atom. The van der Waals surface area contributed by atoms with E-state index in [1.165, 1.54) is 17.4 Å². The van der Waals surface area contributed by atoms with Crippen molar-refractivity contribution in [1.29, 1.82) is 0 Å². The molecule has 106 valence electrons. The number of carbonyl (C=O) groups excluding carboxylic acids is 1. The van der Waals surface area contributed by atoms with E-state index in [1.807, 2.05) is 25.1 Å². The second-order valence-electron chi connectivity index (χ2n) is 4.76. The van der Waals surface area contributed by atoms with Gasteiger partial charge in [-0.3, -0.25) is 4.79 Å². The highest BCUT2D eigenvalue weighted by atomic mass is 32.1. The Bertz CT molecular complexity index is 813. The van der Waals surface area contributed by atoms with Crippen LogP contribution in [-0.4, -0.2) is 10.9 Å². The SMILES string of the molecule is Cc1cccc2sc(NC(=O)Cc3ccccc3F)nc12. The van der Waals surface area contributed by atoms with E-state index < -0.39 is 0 Å². The van der Waals surface area contributed by atoms with Crippen LogP contribution in [0, 0.1) is 12.7 Å². The third kappa shape index (κ3) is 2.92. The highest BCUT2D eigenvalue weighted by Crippen LogP contribution is 2.27. The predicted octanol–water partition coefficient (Wildman–Crippen LogP) is 3.93. The molecule has 3 nitrogen and oxygen atoms in total. The van der Waals surface area contributed by atoms with Gasteiger partial charge in [0.15, 0.2) is 5.13 Å². The highest BCUT2D eigenvalue weighted by molar-refractivity contribution is 7.22. The summed E-state index contributed by atoms with van der Waals surface area (Å²) in [6.45, 7) is 1.98. The van der Waals surface area contributed by atoms with Crippen molar-refractivity contribution in [2.24, 2.45) is 0 Å². The third-order valence-corrected chi connectivity index (χ3v) is 4.11. The molecule has 3 aromatic rings. The Morgan fingerprint density at radius 1 is 1.24 bits per heavy atom. The van der Waals surface area contributed by atoms with Crippen molar-refractivity contribution >= 4 is 32.6 Å². The van der Waals surface area contributed by atoms with E-state index in [-0.39, 0.29) is 18.1 Å². The molecule has 1 heterocycles. The normalized spacial score (nSPS) is 10.8. The standard InChI is InChI=1S/C16H13FN2OS/c1-10-5-4-8-13-15(10)19-16(21-13)18-14(20)9-11-6-2-3-7-12(11)17/h2-8H,9H2,1H3,(H,18,19,20). The van der Waals surface area contributed by atoms with Crippen molar-refractivity contribution in [2.45, 2.75) is 13.3 Å². The predicted molar refractivity (Wildman–Crippen MR) is 83.1 cm³/mol. The maximum absolute atomic E-state index is 13.5. The molecule has 1 N–H and O–H groups in total. The van der Waals surface area contributed by atoms with Crippen LogP contribution < -0.4 is 5.32 Å². The molecule has 0 bridgehead atoms. The number of amides is 1. The summed E-state index contributed by atoms with van der Waals surface area (Å²) in [5, 5.41) is 3.28. The molecular weight excluding hydrogens is 287 g/mol. The number of aryl methyl sites for hydroxylation is 1. The molecule has 2 aromatic carbocycles. The fourth-order valence-corrected chi connectivity index (χ4v) is 3.08. The van der Waals surface area contributed by atoms with Crippen molar-refractivity contribution in [2.75, 3.05) is 5.32 Å². The number of nitrogens with zero attached hydrogens (tertiary/aromatic N) is 1. The number of carbonyl (C=O) groups is 1. The summed E-state index contributed by atoms with van der Waals surface area (Å²) in [6, 6.07) is 12.2. The lowest BCUT2D eigenvalue weighted by Crippen LogP contribution is -2.14. The van der Waals surface area contributed by atoms with Gasteiger partial charge in [0.1, 0.15) is 5.82 Å². The minimum absolute atomic E-state index is 0.00157. The monoisotopic (exact) mass is 300 g/mol. The summed E-state index contributed by atoms with van der Waals surface area (Å²) in [5.41, 5.74) is 2.34. The zero-order chi connectivity index (χ0) is 14.8. The number of benzene rings is 2. The number of hydrogen-bond donors (Lipinski definition) is 1. The number of fused-ring (bicyclic) bond motifs is 1. The van der Waals surface area contributed by atoms with Gasteiger partial charge in [-0.15, -0.1) is 0 Å². The lowest BCUT2D eigenvalue weighted by molar-refractivity contribution is -0.115. The minimum atomic E-state index is -0.368. The summed E-state index contributed by atoms with van der Waals surface area (Å²) < 4.78 is 14.5. The molecule has 5 heteroatoms. The largest absolute Gasteiger partial charge is 0.302 e. The van der Waals surface area contributed by atoms with Crippen LogP contribution in [0.4, 0.5) is 9.52 Å². The van der Waals surface area contributed by atoms with Gasteiger partial charge in [-0.05, 0) is 30.2 Å². The van der Waals surface area contributed by atoms with Crippen LogP contribution in [0.3, 0.4) is 0 Å². The summed E-state index contributed by atoms with van der Waals surface area (Å²) in [4.78, 5) is 16.4. The molecule has 0 aliphatic carbocycles. The number of hydrogen-bond acceptors (Lipinski definition) is 3. The van der Waals surface area contributed by atoms with E-state index in [0.717, 1.165) is 15.8 Å². The van der Waals surface area contributed by atoms with Gasteiger partial charge in [-0.1, -0.05) is 41.7 Å². The molecule has 0 spiro atoms. The molecule has 0 saturated heterocycles. The lowest BCUT2D eigenvalue weighted by atomic mass is 10.1. The zero-order valence-electron chi connectivity index (χ0n) is 11.4. The Balaban J connectivity index is 1.77. The second kappa shape index (κ2) is 5.61. The maximum Gasteiger partial charge on any atom is 0.230 e. The van der Waals surface area contributed by atoms with Crippen LogP contribution in [0.25, 0.3) is 10.2 Å². The topological polar surface area (TPSA) is 42.0 Å². The Labute approximate surface area is 125 Å². The quantitative estimate of drug-likeness (QED) is 0.796. The van der Waals surface area contributed by atoms with E-state index in [4.69, 9.17) is 0 Å². The summed E-state index contributed by atoms with van der Waals surface area (Å²) in [7, 11) is 0. The van der Waals surface area contributed by atoms with Crippen LogP contribution in [0.1, 0.15) is 11.1 Å². The smallest absolute Gasteiger partial charge is 0.230 e. The van der Waals surface area contributed by atoms with Crippen LogP contribution in [0.5, 0.6) is 0 Å². The molecule has 21 heavy (non-hydrogen) atoms. The number of aromatic nitrogens is 1. The van der Waals surface area contributed by atoms with E-state index in [1.54, 1.807) is 18.2 Å². The number of nitrogens with one attached hydrogen (secondary N) is 1. The first-order chi connectivity index (χ1) is 10.1. The number of para-hydroxylation sites is 1. The molecule has 0 unspecified atom stereocenters. The summed E-state index contributed by atoms with van der Waals surface area (Å²) in [5.74, 6) is -0.635. The summed E-state index contributed by atoms with van der Waals surface area (Å²) >= 11 is 1.42. The van der Waals surface area contributed by atoms with Gasteiger partial charge >= 0.3 is 0 Å². The molecule has 3 rings (SSSR count). The number of anilines is 1. The maximum atomic E-state index is 13.5. The van der Waals surface area contributed by atoms with Gasteiger partial charge < -0.3 is 5.32 Å². The van der Waals surface area contributed by atoms with Crippen molar-refractivity contribution < 1.29 is 9.18 Å². The molecule has 0 atom stereocenters. The molecular formula is C16H13FN2OS. The Morgan fingerprint density at radius 2 is 2.05 bits per heavy atom. The van der Waals surface area contributed by atoms with Gasteiger partial charge in [-0.25, -0.2) is 9.37 Å². The Hall–Kier alpha value is -2.27. The molecule has 0 aliphatic rings. The third-order valence-electron chi connectivity index (χ3n) is 3.18. The van der Waals surface area contributed by atoms with Gasteiger partial charge in [0.05, 0.1) is 16.6 Å². The van der Waals surface area contributed by atoms with E-state index >= 15 is 0 Å². The van der Waals surface area contributed by atoms with Gasteiger partial charge in [-0.2, -0.15) is 0 Å². The zero-order valence-corrected chi connectivity index (χ0v) is 12.2. The summed E-state index contributed by atoms with van der Waals surface area (Å²) in [6.07, 6.45) is 0.00157. The fourth-order valence-electron chi connectivity index (χ4n) is 2.12. The van der Waals surface area contributed by atoms with Crippen LogP contribution in [-0.2, 0) is 11.2 Å². The van der Waals surface area contributed by atoms with Gasteiger partial charge in [0.2, 0.25) is 5.91 Å². The molecule has 0 fully saturated rings.